The molecule has 0 unspecified atom stereocenters. The normalized spacial score (nSPS) is 56.1. The van der Waals surface area contributed by atoms with Crippen LogP contribution in [0.25, 0.3) is 0 Å². The predicted octanol–water partition coefficient (Wildman–Crippen LogP) is 2.19. The van der Waals surface area contributed by atoms with Crippen LogP contribution in [0.3, 0.4) is 0 Å². The molecular formula is C13H21NO. The van der Waals surface area contributed by atoms with Crippen molar-refractivity contribution in [2.45, 2.75) is 46.1 Å². The van der Waals surface area contributed by atoms with Gasteiger partial charge in [0.25, 0.3) is 0 Å². The Labute approximate surface area is 91.8 Å². The third kappa shape index (κ3) is 1.08. The monoisotopic (exact) mass is 207 g/mol. The van der Waals surface area contributed by atoms with E-state index in [1.807, 2.05) is 0 Å². The number of carbonyl (C=O) groups is 1. The highest BCUT2D eigenvalue weighted by Crippen LogP contribution is 2.69. The molecule has 4 bridgehead atoms. The Morgan fingerprint density at radius 3 is 2.73 bits per heavy atom. The van der Waals surface area contributed by atoms with Crippen LogP contribution in [0.4, 0.5) is 0 Å². The van der Waals surface area contributed by atoms with Crippen LogP contribution in [0, 0.1) is 29.1 Å². The molecule has 3 aliphatic carbocycles. The van der Waals surface area contributed by atoms with E-state index in [0.29, 0.717) is 11.5 Å². The van der Waals surface area contributed by atoms with E-state index in [1.54, 1.807) is 6.92 Å². The number of amides is 1. The smallest absolute Gasteiger partial charge is 0.217 e. The number of hydrogen-bond donors (Lipinski definition) is 1. The summed E-state index contributed by atoms with van der Waals surface area (Å²) in [7, 11) is 0. The van der Waals surface area contributed by atoms with Crippen LogP contribution in [0.5, 0.6) is 0 Å². The van der Waals surface area contributed by atoms with Crippen LogP contribution in [0.15, 0.2) is 0 Å². The summed E-state index contributed by atoms with van der Waals surface area (Å²) >= 11 is 0. The Morgan fingerprint density at radius 2 is 2.13 bits per heavy atom. The maximum atomic E-state index is 11.2. The molecule has 1 N–H and O–H groups in total. The van der Waals surface area contributed by atoms with E-state index in [2.05, 4.69) is 19.2 Å². The van der Waals surface area contributed by atoms with Gasteiger partial charge in [0, 0.05) is 13.0 Å². The predicted molar refractivity (Wildman–Crippen MR) is 59.2 cm³/mol. The van der Waals surface area contributed by atoms with E-state index >= 15 is 0 Å². The third-order valence-electron chi connectivity index (χ3n) is 5.66. The lowest BCUT2D eigenvalue weighted by atomic mass is 9.67. The Kier molecular flexibility index (Phi) is 1.79. The van der Waals surface area contributed by atoms with E-state index in [4.69, 9.17) is 0 Å². The van der Waals surface area contributed by atoms with Gasteiger partial charge < -0.3 is 5.32 Å². The second-order valence-corrected chi connectivity index (χ2v) is 6.34. The van der Waals surface area contributed by atoms with Gasteiger partial charge >= 0.3 is 0 Å². The molecule has 2 nitrogen and oxygen atoms in total. The van der Waals surface area contributed by atoms with Crippen molar-refractivity contribution in [1.29, 1.82) is 0 Å². The van der Waals surface area contributed by atoms with Gasteiger partial charge in [-0.25, -0.2) is 0 Å². The SMILES string of the molecule is CC(=O)N[C@H]1C[C@@H]2C[C@]3(C)[C@H]1[C@H]2C[C@@H]3C. The van der Waals surface area contributed by atoms with Crippen molar-refractivity contribution in [2.24, 2.45) is 29.1 Å². The minimum atomic E-state index is 0.156. The minimum Gasteiger partial charge on any atom is -0.353 e. The molecule has 0 aromatic rings. The van der Waals surface area contributed by atoms with Crippen LogP contribution in [0.2, 0.25) is 0 Å². The van der Waals surface area contributed by atoms with E-state index in [-0.39, 0.29) is 5.91 Å². The average molecular weight is 207 g/mol. The summed E-state index contributed by atoms with van der Waals surface area (Å²) in [4.78, 5) is 11.2. The zero-order valence-electron chi connectivity index (χ0n) is 9.92. The lowest BCUT2D eigenvalue weighted by molar-refractivity contribution is -0.120. The second kappa shape index (κ2) is 2.78. The van der Waals surface area contributed by atoms with Crippen molar-refractivity contribution in [3.63, 3.8) is 0 Å². The van der Waals surface area contributed by atoms with Crippen LogP contribution in [0.1, 0.15) is 40.0 Å². The summed E-state index contributed by atoms with van der Waals surface area (Å²) in [6.07, 6.45) is 4.07. The Morgan fingerprint density at radius 1 is 1.40 bits per heavy atom. The van der Waals surface area contributed by atoms with Gasteiger partial charge in [0.1, 0.15) is 0 Å². The summed E-state index contributed by atoms with van der Waals surface area (Å²) < 4.78 is 0. The molecule has 0 heterocycles. The van der Waals surface area contributed by atoms with Gasteiger partial charge in [0.2, 0.25) is 5.91 Å². The summed E-state index contributed by atoms with van der Waals surface area (Å²) in [6, 6.07) is 0.487. The molecule has 3 saturated carbocycles. The maximum Gasteiger partial charge on any atom is 0.217 e. The minimum absolute atomic E-state index is 0.156. The van der Waals surface area contributed by atoms with Crippen LogP contribution in [-0.4, -0.2) is 11.9 Å². The molecule has 3 rings (SSSR count). The van der Waals surface area contributed by atoms with Crippen molar-refractivity contribution in [1.82, 2.24) is 5.32 Å². The summed E-state index contributed by atoms with van der Waals surface area (Å²) in [5, 5.41) is 3.18. The quantitative estimate of drug-likeness (QED) is 0.701. The topological polar surface area (TPSA) is 29.1 Å². The lowest BCUT2D eigenvalue weighted by Gasteiger charge is -2.41. The molecule has 84 valence electrons. The van der Waals surface area contributed by atoms with Crippen molar-refractivity contribution in [2.75, 3.05) is 0 Å². The number of nitrogens with one attached hydrogen (secondary N) is 1. The van der Waals surface area contributed by atoms with Gasteiger partial charge in [-0.3, -0.25) is 4.79 Å². The molecule has 3 aliphatic rings. The molecule has 15 heavy (non-hydrogen) atoms. The first-order valence-electron chi connectivity index (χ1n) is 6.29. The first-order valence-corrected chi connectivity index (χ1v) is 6.29. The van der Waals surface area contributed by atoms with E-state index in [1.165, 1.54) is 19.3 Å². The van der Waals surface area contributed by atoms with Crippen LogP contribution >= 0.6 is 0 Å². The van der Waals surface area contributed by atoms with Crippen molar-refractivity contribution >= 4 is 5.91 Å². The van der Waals surface area contributed by atoms with E-state index < -0.39 is 0 Å². The molecule has 0 saturated heterocycles. The highest BCUT2D eigenvalue weighted by Gasteiger charge is 2.65. The van der Waals surface area contributed by atoms with Crippen molar-refractivity contribution in [3.05, 3.63) is 0 Å². The molecule has 3 fully saturated rings. The number of carbonyl (C=O) groups excluding carboxylic acids is 1. The molecular weight excluding hydrogens is 186 g/mol. The fourth-order valence-corrected chi connectivity index (χ4v) is 5.08. The molecule has 0 aliphatic heterocycles. The molecule has 2 heteroatoms. The Hall–Kier alpha value is -0.530. The number of rotatable bonds is 1. The van der Waals surface area contributed by atoms with Gasteiger partial charge in [-0.2, -0.15) is 0 Å². The van der Waals surface area contributed by atoms with Gasteiger partial charge in [0.15, 0.2) is 0 Å². The van der Waals surface area contributed by atoms with Gasteiger partial charge in [0.05, 0.1) is 0 Å². The lowest BCUT2D eigenvalue weighted by Crippen LogP contribution is -2.44. The molecule has 0 spiro atoms. The van der Waals surface area contributed by atoms with E-state index in [9.17, 15) is 4.79 Å². The molecule has 0 radical (unpaired) electrons. The highest BCUT2D eigenvalue weighted by molar-refractivity contribution is 5.73. The average Bonchev–Trinajstić information content (AvgIpc) is 2.63. The van der Waals surface area contributed by atoms with Crippen molar-refractivity contribution in [3.8, 4) is 0 Å². The summed E-state index contributed by atoms with van der Waals surface area (Å²) in [5.41, 5.74) is 0.528. The van der Waals surface area contributed by atoms with Crippen molar-refractivity contribution < 1.29 is 4.79 Å². The Bertz CT molecular complexity index is 314. The Balaban J connectivity index is 1.86. The fraction of sp³-hybridized carbons (Fsp3) is 0.923. The van der Waals surface area contributed by atoms with Gasteiger partial charge in [-0.1, -0.05) is 13.8 Å². The molecule has 1 amide bonds. The van der Waals surface area contributed by atoms with Gasteiger partial charge in [-0.15, -0.1) is 0 Å². The summed E-state index contributed by atoms with van der Waals surface area (Å²) in [5.74, 6) is 3.62. The largest absolute Gasteiger partial charge is 0.353 e. The van der Waals surface area contributed by atoms with Crippen LogP contribution < -0.4 is 5.32 Å². The van der Waals surface area contributed by atoms with Gasteiger partial charge in [-0.05, 0) is 48.3 Å². The van der Waals surface area contributed by atoms with Crippen LogP contribution in [-0.2, 0) is 4.79 Å². The standard InChI is InChI=1S/C13H21NO/c1-7-4-10-9-5-11(14-8(2)15)12(10)13(7,3)6-9/h7,9-12H,4-6H2,1-3H3,(H,14,15)/t7-,9+,10-,11-,12-,13-/m0/s1. The fourth-order valence-electron chi connectivity index (χ4n) is 5.08. The zero-order chi connectivity index (χ0) is 10.8. The molecule has 6 atom stereocenters. The number of hydrogen-bond acceptors (Lipinski definition) is 1. The van der Waals surface area contributed by atoms with E-state index in [0.717, 1.165) is 23.7 Å². The maximum absolute atomic E-state index is 11.2. The summed E-state index contributed by atoms with van der Waals surface area (Å²) in [6.45, 7) is 6.51. The molecule has 0 aromatic heterocycles. The third-order valence-corrected chi connectivity index (χ3v) is 5.66. The zero-order valence-corrected chi connectivity index (χ0v) is 9.92. The molecule has 0 aromatic carbocycles. The first-order chi connectivity index (χ1) is 7.02. The second-order valence-electron chi connectivity index (χ2n) is 6.34. The first kappa shape index (κ1) is 9.68. The highest BCUT2D eigenvalue weighted by atomic mass is 16.1.